The fourth-order valence-corrected chi connectivity index (χ4v) is 1.08. The van der Waals surface area contributed by atoms with Crippen LogP contribution < -0.4 is 0 Å². The Bertz CT molecular complexity index is 79.6. The summed E-state index contributed by atoms with van der Waals surface area (Å²) in [5.41, 5.74) is 0. The molecular weight excluding hydrogens is 140 g/mol. The Morgan fingerprint density at radius 1 is 1.18 bits per heavy atom. The van der Waals surface area contributed by atoms with Crippen molar-refractivity contribution in [3.05, 3.63) is 0 Å². The van der Waals surface area contributed by atoms with Crippen molar-refractivity contribution in [2.45, 2.75) is 46.3 Å². The van der Waals surface area contributed by atoms with Crippen LogP contribution in [0.3, 0.4) is 0 Å². The molecule has 0 saturated carbocycles. The van der Waals surface area contributed by atoms with Crippen LogP contribution >= 0.6 is 0 Å². The first-order valence-electron chi connectivity index (χ1n) is 4.32. The van der Waals surface area contributed by atoms with Crippen LogP contribution in [0.2, 0.25) is 0 Å². The van der Waals surface area contributed by atoms with Crippen LogP contribution in [0.4, 0.5) is 0 Å². The molecule has 0 aromatic heterocycles. The van der Waals surface area contributed by atoms with Crippen LogP contribution in [0.15, 0.2) is 0 Å². The summed E-state index contributed by atoms with van der Waals surface area (Å²) in [4.78, 5) is 0. The van der Waals surface area contributed by atoms with Crippen molar-refractivity contribution >= 4 is 0 Å². The van der Waals surface area contributed by atoms with Crippen molar-refractivity contribution in [3.8, 4) is 0 Å². The molecule has 1 atom stereocenters. The number of aliphatic hydroxyl groups excluding tert-OH is 1. The van der Waals surface area contributed by atoms with Gasteiger partial charge < -0.3 is 9.84 Å². The summed E-state index contributed by atoms with van der Waals surface area (Å²) in [5, 5.41) is 8.90. The van der Waals surface area contributed by atoms with E-state index < -0.39 is 0 Å². The van der Waals surface area contributed by atoms with Gasteiger partial charge in [-0.3, -0.25) is 0 Å². The monoisotopic (exact) mass is 160 g/mol. The maximum Gasteiger partial charge on any atom is 0.0811 e. The zero-order chi connectivity index (χ0) is 8.85. The van der Waals surface area contributed by atoms with Crippen molar-refractivity contribution in [2.75, 3.05) is 6.61 Å². The maximum atomic E-state index is 8.90. The lowest BCUT2D eigenvalue weighted by Gasteiger charge is -2.19. The highest BCUT2D eigenvalue weighted by molar-refractivity contribution is 4.59. The minimum Gasteiger partial charge on any atom is -0.394 e. The Balaban J connectivity index is 3.58. The van der Waals surface area contributed by atoms with Crippen LogP contribution in [-0.4, -0.2) is 23.9 Å². The fourth-order valence-electron chi connectivity index (χ4n) is 1.08. The van der Waals surface area contributed by atoms with E-state index in [0.29, 0.717) is 5.92 Å². The van der Waals surface area contributed by atoms with E-state index in [1.165, 1.54) is 0 Å². The molecule has 0 rings (SSSR count). The van der Waals surface area contributed by atoms with Crippen LogP contribution in [0, 0.1) is 5.92 Å². The number of ether oxygens (including phenoxy) is 1. The van der Waals surface area contributed by atoms with Gasteiger partial charge >= 0.3 is 0 Å². The number of rotatable bonds is 5. The van der Waals surface area contributed by atoms with E-state index in [1.807, 2.05) is 13.8 Å². The molecule has 68 valence electrons. The molecule has 0 saturated heterocycles. The molecule has 0 aliphatic rings. The second-order valence-electron chi connectivity index (χ2n) is 3.62. The summed E-state index contributed by atoms with van der Waals surface area (Å²) < 4.78 is 5.46. The fraction of sp³-hybridized carbons (Fsp3) is 1.00. The zero-order valence-corrected chi connectivity index (χ0v) is 8.00. The smallest absolute Gasteiger partial charge is 0.0811 e. The summed E-state index contributed by atoms with van der Waals surface area (Å²) in [6.45, 7) is 8.38. The van der Waals surface area contributed by atoms with E-state index in [9.17, 15) is 0 Å². The molecule has 2 heteroatoms. The molecule has 0 aromatic carbocycles. The molecule has 2 nitrogen and oxygen atoms in total. The Morgan fingerprint density at radius 3 is 2.00 bits per heavy atom. The third kappa shape index (κ3) is 6.32. The number of hydrogen-bond donors (Lipinski definition) is 1. The van der Waals surface area contributed by atoms with Crippen molar-refractivity contribution in [1.29, 1.82) is 0 Å². The lowest BCUT2D eigenvalue weighted by molar-refractivity contribution is -0.0327. The molecule has 0 spiro atoms. The summed E-state index contributed by atoms with van der Waals surface area (Å²) >= 11 is 0. The molecule has 1 unspecified atom stereocenters. The SMILES string of the molecule is CC(C)CC(CO)OC(C)C. The second-order valence-corrected chi connectivity index (χ2v) is 3.62. The highest BCUT2D eigenvalue weighted by atomic mass is 16.5. The van der Waals surface area contributed by atoms with Crippen LogP contribution in [0.25, 0.3) is 0 Å². The minimum atomic E-state index is 0.0231. The molecule has 0 aliphatic heterocycles. The van der Waals surface area contributed by atoms with E-state index >= 15 is 0 Å². The first-order valence-corrected chi connectivity index (χ1v) is 4.32. The van der Waals surface area contributed by atoms with Gasteiger partial charge in [0.25, 0.3) is 0 Å². The molecule has 0 heterocycles. The highest BCUT2D eigenvalue weighted by Gasteiger charge is 2.11. The Morgan fingerprint density at radius 2 is 1.73 bits per heavy atom. The van der Waals surface area contributed by atoms with Crippen LogP contribution in [0.5, 0.6) is 0 Å². The van der Waals surface area contributed by atoms with E-state index in [-0.39, 0.29) is 18.8 Å². The molecule has 0 radical (unpaired) electrons. The summed E-state index contributed by atoms with van der Waals surface area (Å²) in [5.74, 6) is 0.589. The lowest BCUT2D eigenvalue weighted by atomic mass is 10.1. The Kier molecular flexibility index (Phi) is 5.51. The summed E-state index contributed by atoms with van der Waals surface area (Å²) in [7, 11) is 0. The van der Waals surface area contributed by atoms with Crippen LogP contribution in [-0.2, 0) is 4.74 Å². The number of aliphatic hydroxyl groups is 1. The summed E-state index contributed by atoms with van der Waals surface area (Å²) in [6.07, 6.45) is 1.18. The second kappa shape index (κ2) is 5.56. The highest BCUT2D eigenvalue weighted by Crippen LogP contribution is 2.09. The molecule has 0 aromatic rings. The lowest BCUT2D eigenvalue weighted by Crippen LogP contribution is -2.23. The van der Waals surface area contributed by atoms with E-state index in [0.717, 1.165) is 6.42 Å². The van der Waals surface area contributed by atoms with Gasteiger partial charge in [-0.05, 0) is 26.2 Å². The van der Waals surface area contributed by atoms with Crippen molar-refractivity contribution in [3.63, 3.8) is 0 Å². The van der Waals surface area contributed by atoms with Gasteiger partial charge in [0.05, 0.1) is 18.8 Å². The molecule has 0 fully saturated rings. The van der Waals surface area contributed by atoms with Gasteiger partial charge in [0.15, 0.2) is 0 Å². The largest absolute Gasteiger partial charge is 0.394 e. The number of hydrogen-bond acceptors (Lipinski definition) is 2. The first-order chi connectivity index (χ1) is 5.06. The topological polar surface area (TPSA) is 29.5 Å². The average molecular weight is 160 g/mol. The predicted octanol–water partition coefficient (Wildman–Crippen LogP) is 1.82. The molecule has 0 amide bonds. The van der Waals surface area contributed by atoms with Crippen LogP contribution in [0.1, 0.15) is 34.1 Å². The molecule has 0 aliphatic carbocycles. The van der Waals surface area contributed by atoms with Crippen molar-refractivity contribution in [1.82, 2.24) is 0 Å². The predicted molar refractivity (Wildman–Crippen MR) is 46.5 cm³/mol. The summed E-state index contributed by atoms with van der Waals surface area (Å²) in [6, 6.07) is 0. The van der Waals surface area contributed by atoms with Gasteiger partial charge in [-0.1, -0.05) is 13.8 Å². The molecule has 0 bridgehead atoms. The van der Waals surface area contributed by atoms with Gasteiger partial charge in [0, 0.05) is 0 Å². The average Bonchev–Trinajstić information content (AvgIpc) is 1.84. The minimum absolute atomic E-state index is 0.0231. The maximum absolute atomic E-state index is 8.90. The Labute approximate surface area is 69.6 Å². The van der Waals surface area contributed by atoms with E-state index in [4.69, 9.17) is 9.84 Å². The van der Waals surface area contributed by atoms with Gasteiger partial charge in [0.2, 0.25) is 0 Å². The van der Waals surface area contributed by atoms with E-state index in [2.05, 4.69) is 13.8 Å². The Hall–Kier alpha value is -0.0800. The van der Waals surface area contributed by atoms with Gasteiger partial charge in [0.1, 0.15) is 0 Å². The third-order valence-electron chi connectivity index (χ3n) is 1.40. The van der Waals surface area contributed by atoms with E-state index in [1.54, 1.807) is 0 Å². The molecular formula is C9H20O2. The molecule has 11 heavy (non-hydrogen) atoms. The third-order valence-corrected chi connectivity index (χ3v) is 1.40. The zero-order valence-electron chi connectivity index (χ0n) is 8.00. The molecule has 1 N–H and O–H groups in total. The van der Waals surface area contributed by atoms with Gasteiger partial charge in [-0.25, -0.2) is 0 Å². The normalized spacial score (nSPS) is 14.5. The first kappa shape index (κ1) is 10.9. The van der Waals surface area contributed by atoms with Gasteiger partial charge in [-0.15, -0.1) is 0 Å². The van der Waals surface area contributed by atoms with Crippen molar-refractivity contribution in [2.24, 2.45) is 5.92 Å². The standard InChI is InChI=1S/C9H20O2/c1-7(2)5-9(6-10)11-8(3)4/h7-10H,5-6H2,1-4H3. The van der Waals surface area contributed by atoms with Gasteiger partial charge in [-0.2, -0.15) is 0 Å². The van der Waals surface area contributed by atoms with Crippen molar-refractivity contribution < 1.29 is 9.84 Å². The quantitative estimate of drug-likeness (QED) is 0.664.